The van der Waals surface area contributed by atoms with Gasteiger partial charge in [-0.3, -0.25) is 14.9 Å². The predicted molar refractivity (Wildman–Crippen MR) is 78.1 cm³/mol. The molecule has 0 radical (unpaired) electrons. The number of ether oxygens (including phenoxy) is 2. The molecule has 0 saturated heterocycles. The number of nitro groups is 1. The average molecular weight is 290 g/mol. The van der Waals surface area contributed by atoms with Crippen molar-refractivity contribution in [3.05, 3.63) is 51.3 Å². The van der Waals surface area contributed by atoms with E-state index in [-0.39, 0.29) is 23.8 Å². The molecule has 110 valence electrons. The van der Waals surface area contributed by atoms with Gasteiger partial charge < -0.3 is 14.0 Å². The van der Waals surface area contributed by atoms with Crippen LogP contribution in [-0.2, 0) is 7.05 Å². The van der Waals surface area contributed by atoms with E-state index in [1.165, 1.54) is 43.0 Å². The quantitative estimate of drug-likeness (QED) is 0.478. The lowest BCUT2D eigenvalue weighted by molar-refractivity contribution is -0.384. The summed E-state index contributed by atoms with van der Waals surface area (Å²) in [5.74, 6) is 0.311. The van der Waals surface area contributed by atoms with Crippen molar-refractivity contribution in [1.29, 1.82) is 0 Å². The maximum absolute atomic E-state index is 12.3. The minimum absolute atomic E-state index is 0.0567. The molecule has 0 unspecified atom stereocenters. The number of pyridine rings is 1. The molecule has 1 heterocycles. The minimum atomic E-state index is -0.515. The van der Waals surface area contributed by atoms with E-state index in [1.807, 2.05) is 0 Å². The largest absolute Gasteiger partial charge is 0.492 e. The van der Waals surface area contributed by atoms with Crippen LogP contribution in [-0.4, -0.2) is 23.2 Å². The van der Waals surface area contributed by atoms with Crippen molar-refractivity contribution < 1.29 is 14.4 Å². The summed E-state index contributed by atoms with van der Waals surface area (Å²) in [5, 5.41) is 11.4. The van der Waals surface area contributed by atoms with E-state index in [4.69, 9.17) is 9.47 Å². The summed E-state index contributed by atoms with van der Waals surface area (Å²) in [5.41, 5.74) is -0.127. The summed E-state index contributed by atoms with van der Waals surface area (Å²) < 4.78 is 11.9. The van der Waals surface area contributed by atoms with Gasteiger partial charge in [0, 0.05) is 24.6 Å². The van der Waals surface area contributed by atoms with Crippen molar-refractivity contribution in [2.75, 3.05) is 13.7 Å². The van der Waals surface area contributed by atoms with E-state index in [0.717, 1.165) is 0 Å². The van der Waals surface area contributed by atoms with Crippen molar-refractivity contribution in [2.45, 2.75) is 0 Å². The predicted octanol–water partition coefficient (Wildman–Crippen LogP) is 2.02. The van der Waals surface area contributed by atoms with Gasteiger partial charge in [-0.25, -0.2) is 0 Å². The van der Waals surface area contributed by atoms with E-state index in [2.05, 4.69) is 6.58 Å². The standard InChI is InChI=1S/C14H14N2O5/c1-4-7-21-13-12(20-3)10-6-5-9(16(18)19)8-11(10)15(2)14(13)17/h4-6,8H,1,7H2,2-3H3. The van der Waals surface area contributed by atoms with Gasteiger partial charge in [0.25, 0.3) is 11.2 Å². The van der Waals surface area contributed by atoms with Crippen molar-refractivity contribution >= 4 is 16.6 Å². The first-order valence-corrected chi connectivity index (χ1v) is 6.10. The zero-order valence-electron chi connectivity index (χ0n) is 11.7. The Morgan fingerprint density at radius 1 is 1.43 bits per heavy atom. The molecule has 0 N–H and O–H groups in total. The number of benzene rings is 1. The smallest absolute Gasteiger partial charge is 0.297 e. The van der Waals surface area contributed by atoms with Crippen LogP contribution >= 0.6 is 0 Å². The minimum Gasteiger partial charge on any atom is -0.492 e. The molecule has 1 aromatic heterocycles. The third-order valence-corrected chi connectivity index (χ3v) is 3.05. The van der Waals surface area contributed by atoms with Gasteiger partial charge in [0.2, 0.25) is 5.75 Å². The molecule has 0 amide bonds. The van der Waals surface area contributed by atoms with Gasteiger partial charge in [0.1, 0.15) is 6.61 Å². The monoisotopic (exact) mass is 290 g/mol. The molecule has 2 rings (SSSR count). The second-order valence-electron chi connectivity index (χ2n) is 4.28. The maximum Gasteiger partial charge on any atom is 0.297 e. The molecule has 7 heteroatoms. The number of nitro benzene ring substituents is 1. The number of nitrogens with zero attached hydrogens (tertiary/aromatic N) is 2. The van der Waals surface area contributed by atoms with Crippen LogP contribution in [0.25, 0.3) is 10.9 Å². The van der Waals surface area contributed by atoms with Gasteiger partial charge in [0.15, 0.2) is 5.75 Å². The number of hydrogen-bond donors (Lipinski definition) is 0. The summed E-state index contributed by atoms with van der Waals surface area (Å²) in [6.45, 7) is 3.68. The van der Waals surface area contributed by atoms with E-state index >= 15 is 0 Å². The highest BCUT2D eigenvalue weighted by atomic mass is 16.6. The SMILES string of the molecule is C=CCOc1c(OC)c2ccc([N+](=O)[O-])cc2n(C)c1=O. The van der Waals surface area contributed by atoms with Gasteiger partial charge in [-0.1, -0.05) is 12.7 Å². The summed E-state index contributed by atoms with van der Waals surface area (Å²) in [4.78, 5) is 22.6. The first kappa shape index (κ1) is 14.6. The fourth-order valence-corrected chi connectivity index (χ4v) is 2.06. The molecule has 0 aliphatic rings. The van der Waals surface area contributed by atoms with Gasteiger partial charge in [-0.15, -0.1) is 0 Å². The normalized spacial score (nSPS) is 10.4. The molecule has 1 aromatic carbocycles. The Balaban J connectivity index is 2.82. The summed E-state index contributed by atoms with van der Waals surface area (Å²) in [6, 6.07) is 4.22. The molecule has 2 aromatic rings. The van der Waals surface area contributed by atoms with E-state index in [9.17, 15) is 14.9 Å². The van der Waals surface area contributed by atoms with Gasteiger partial charge in [0.05, 0.1) is 17.5 Å². The molecule has 0 spiro atoms. The van der Waals surface area contributed by atoms with Crippen LogP contribution in [0.15, 0.2) is 35.6 Å². The van der Waals surface area contributed by atoms with Gasteiger partial charge in [-0.2, -0.15) is 0 Å². The van der Waals surface area contributed by atoms with Crippen molar-refractivity contribution in [3.8, 4) is 11.5 Å². The highest BCUT2D eigenvalue weighted by Gasteiger charge is 2.19. The molecule has 0 aliphatic heterocycles. The molecule has 0 bridgehead atoms. The van der Waals surface area contributed by atoms with Crippen molar-refractivity contribution in [2.24, 2.45) is 7.05 Å². The molecule has 21 heavy (non-hydrogen) atoms. The first-order chi connectivity index (χ1) is 10.0. The fourth-order valence-electron chi connectivity index (χ4n) is 2.06. The second-order valence-corrected chi connectivity index (χ2v) is 4.28. The molecule has 0 atom stereocenters. The average Bonchev–Trinajstić information content (AvgIpc) is 2.48. The molecular weight excluding hydrogens is 276 g/mol. The Labute approximate surface area is 120 Å². The van der Waals surface area contributed by atoms with E-state index in [1.54, 1.807) is 0 Å². The van der Waals surface area contributed by atoms with Crippen molar-refractivity contribution in [1.82, 2.24) is 4.57 Å². The lowest BCUT2D eigenvalue weighted by atomic mass is 10.1. The highest BCUT2D eigenvalue weighted by Crippen LogP contribution is 2.33. The molecular formula is C14H14N2O5. The molecule has 0 aliphatic carbocycles. The Bertz CT molecular complexity index is 779. The second kappa shape index (κ2) is 5.66. The number of aryl methyl sites for hydroxylation is 1. The van der Waals surface area contributed by atoms with E-state index < -0.39 is 10.5 Å². The first-order valence-electron chi connectivity index (χ1n) is 6.10. The van der Waals surface area contributed by atoms with Gasteiger partial charge in [-0.05, 0) is 6.07 Å². The Morgan fingerprint density at radius 3 is 2.71 bits per heavy atom. The van der Waals surface area contributed by atoms with Crippen LogP contribution in [0.2, 0.25) is 0 Å². The summed E-state index contributed by atoms with van der Waals surface area (Å²) in [6.07, 6.45) is 1.51. The lowest BCUT2D eigenvalue weighted by Gasteiger charge is -2.14. The maximum atomic E-state index is 12.3. The van der Waals surface area contributed by atoms with Crippen LogP contribution in [0, 0.1) is 10.1 Å². The van der Waals surface area contributed by atoms with Crippen molar-refractivity contribution in [3.63, 3.8) is 0 Å². The van der Waals surface area contributed by atoms with Crippen LogP contribution in [0.4, 0.5) is 5.69 Å². The van der Waals surface area contributed by atoms with Gasteiger partial charge >= 0.3 is 0 Å². The third kappa shape index (κ3) is 2.45. The Morgan fingerprint density at radius 2 is 2.14 bits per heavy atom. The van der Waals surface area contributed by atoms with Crippen LogP contribution < -0.4 is 15.0 Å². The summed E-state index contributed by atoms with van der Waals surface area (Å²) >= 11 is 0. The fraction of sp³-hybridized carbons (Fsp3) is 0.214. The van der Waals surface area contributed by atoms with E-state index in [0.29, 0.717) is 10.9 Å². The number of non-ortho nitro benzene ring substituents is 1. The molecule has 0 saturated carbocycles. The lowest BCUT2D eigenvalue weighted by Crippen LogP contribution is -2.21. The number of hydrogen-bond acceptors (Lipinski definition) is 5. The number of fused-ring (bicyclic) bond motifs is 1. The highest BCUT2D eigenvalue weighted by molar-refractivity contribution is 5.89. The Hall–Kier alpha value is -2.83. The van der Waals surface area contributed by atoms with Crippen LogP contribution in [0.3, 0.4) is 0 Å². The molecule has 7 nitrogen and oxygen atoms in total. The zero-order chi connectivity index (χ0) is 15.6. The van der Waals surface area contributed by atoms with Crippen LogP contribution in [0.1, 0.15) is 0 Å². The zero-order valence-corrected chi connectivity index (χ0v) is 11.7. The Kier molecular flexibility index (Phi) is 3.93. The topological polar surface area (TPSA) is 83.6 Å². The van der Waals surface area contributed by atoms with Crippen LogP contribution in [0.5, 0.6) is 11.5 Å². The molecule has 0 fully saturated rings. The number of methoxy groups -OCH3 is 1. The third-order valence-electron chi connectivity index (χ3n) is 3.05. The number of aromatic nitrogens is 1. The summed E-state index contributed by atoms with van der Waals surface area (Å²) in [7, 11) is 2.94. The number of rotatable bonds is 5.